The number of carbonyl (C=O) groups is 1. The molecule has 10 heteroatoms. The van der Waals surface area contributed by atoms with Crippen molar-refractivity contribution in [2.45, 2.75) is 60.9 Å². The highest BCUT2D eigenvalue weighted by molar-refractivity contribution is 7.92. The molecule has 2 aliphatic heterocycles. The van der Waals surface area contributed by atoms with Gasteiger partial charge < -0.3 is 20.7 Å². The number of ether oxygens (including phenoxy) is 1. The molecule has 0 bridgehead atoms. The van der Waals surface area contributed by atoms with Crippen molar-refractivity contribution in [2.75, 3.05) is 26.2 Å². The maximum Gasteiger partial charge on any atom is 0.246 e. The van der Waals surface area contributed by atoms with Gasteiger partial charge in [-0.1, -0.05) is 60.0 Å². The highest BCUT2D eigenvalue weighted by atomic mass is 35.5. The summed E-state index contributed by atoms with van der Waals surface area (Å²) in [5.41, 5.74) is -0.0783. The minimum Gasteiger partial charge on any atom is -0.351 e. The van der Waals surface area contributed by atoms with Gasteiger partial charge in [0.1, 0.15) is 6.61 Å². The molecule has 2 heterocycles. The fraction of sp³-hybridized carbons (Fsp3) is 0.519. The van der Waals surface area contributed by atoms with Crippen molar-refractivity contribution in [3.05, 3.63) is 64.1 Å². The third-order valence-corrected chi connectivity index (χ3v) is 9.86. The molecule has 2 fully saturated rings. The van der Waals surface area contributed by atoms with Crippen LogP contribution in [0.2, 0.25) is 10.0 Å². The zero-order valence-corrected chi connectivity index (χ0v) is 23.1. The molecular weight excluding hydrogens is 533 g/mol. The van der Waals surface area contributed by atoms with Gasteiger partial charge in [0.15, 0.2) is 5.44 Å². The van der Waals surface area contributed by atoms with Gasteiger partial charge in [-0.05, 0) is 81.4 Å². The Hall–Kier alpha value is -1.68. The van der Waals surface area contributed by atoms with Crippen LogP contribution in [-0.4, -0.2) is 58.1 Å². The molecule has 7 nitrogen and oxygen atoms in total. The van der Waals surface area contributed by atoms with Crippen molar-refractivity contribution < 1.29 is 17.9 Å². The molecule has 2 aromatic carbocycles. The SMILES string of the molecule is O=C(COC(C1CCCCN1)S(=O)(=O)c1ccc(Cl)c(Cl)c1)NC(Cc1ccccc1)C1CCCNC1. The van der Waals surface area contributed by atoms with Crippen LogP contribution in [-0.2, 0) is 25.8 Å². The molecule has 4 atom stereocenters. The number of hydrogen-bond donors (Lipinski definition) is 3. The van der Waals surface area contributed by atoms with Gasteiger partial charge in [-0.3, -0.25) is 4.79 Å². The first-order chi connectivity index (χ1) is 17.8. The van der Waals surface area contributed by atoms with Gasteiger partial charge in [-0.25, -0.2) is 8.42 Å². The smallest absolute Gasteiger partial charge is 0.246 e. The Bertz CT molecular complexity index is 1140. The van der Waals surface area contributed by atoms with E-state index in [0.717, 1.165) is 44.3 Å². The third-order valence-electron chi connectivity index (χ3n) is 7.13. The maximum atomic E-state index is 13.6. The minimum atomic E-state index is -3.95. The average molecular weight is 569 g/mol. The highest BCUT2D eigenvalue weighted by Crippen LogP contribution is 2.29. The van der Waals surface area contributed by atoms with Crippen molar-refractivity contribution in [3.8, 4) is 0 Å². The van der Waals surface area contributed by atoms with Crippen molar-refractivity contribution in [1.82, 2.24) is 16.0 Å². The Morgan fingerprint density at radius 3 is 2.51 bits per heavy atom. The summed E-state index contributed by atoms with van der Waals surface area (Å²) in [6.45, 7) is 2.16. The van der Waals surface area contributed by atoms with Crippen LogP contribution in [0.5, 0.6) is 0 Å². The predicted octanol–water partition coefficient (Wildman–Crippen LogP) is 3.98. The van der Waals surface area contributed by atoms with Gasteiger partial charge in [0.2, 0.25) is 15.7 Å². The number of hydrogen-bond acceptors (Lipinski definition) is 6. The summed E-state index contributed by atoms with van der Waals surface area (Å²) in [6.07, 6.45) is 5.26. The van der Waals surface area contributed by atoms with Gasteiger partial charge in [0.25, 0.3) is 0 Å². The molecule has 0 spiro atoms. The molecule has 4 rings (SSSR count). The number of sulfone groups is 1. The fourth-order valence-electron chi connectivity index (χ4n) is 5.15. The molecule has 0 saturated carbocycles. The number of piperidine rings is 2. The first-order valence-corrected chi connectivity index (χ1v) is 15.2. The van der Waals surface area contributed by atoms with E-state index in [2.05, 4.69) is 28.1 Å². The first-order valence-electron chi connectivity index (χ1n) is 12.9. The van der Waals surface area contributed by atoms with Gasteiger partial charge in [-0.2, -0.15) is 0 Å². The van der Waals surface area contributed by atoms with E-state index in [1.54, 1.807) is 0 Å². The lowest BCUT2D eigenvalue weighted by molar-refractivity contribution is -0.127. The van der Waals surface area contributed by atoms with Crippen molar-refractivity contribution >= 4 is 38.9 Å². The van der Waals surface area contributed by atoms with E-state index < -0.39 is 21.3 Å². The molecule has 0 aromatic heterocycles. The number of halogens is 2. The Labute approximate surface area is 229 Å². The highest BCUT2D eigenvalue weighted by Gasteiger charge is 2.37. The van der Waals surface area contributed by atoms with Gasteiger partial charge in [0, 0.05) is 12.1 Å². The summed E-state index contributed by atoms with van der Waals surface area (Å²) in [6, 6.07) is 13.8. The van der Waals surface area contributed by atoms with E-state index in [1.165, 1.54) is 18.2 Å². The Kier molecular flexibility index (Phi) is 10.3. The summed E-state index contributed by atoms with van der Waals surface area (Å²) >= 11 is 12.1. The van der Waals surface area contributed by atoms with Crippen LogP contribution in [0, 0.1) is 5.92 Å². The van der Waals surface area contributed by atoms with Crippen LogP contribution in [0.4, 0.5) is 0 Å². The fourth-order valence-corrected chi connectivity index (χ4v) is 7.24. The molecule has 1 amide bonds. The quantitative estimate of drug-likeness (QED) is 0.402. The van der Waals surface area contributed by atoms with E-state index in [9.17, 15) is 13.2 Å². The van der Waals surface area contributed by atoms with Crippen LogP contribution >= 0.6 is 23.2 Å². The monoisotopic (exact) mass is 567 g/mol. The topological polar surface area (TPSA) is 96.5 Å². The van der Waals surface area contributed by atoms with E-state index in [-0.39, 0.29) is 39.4 Å². The molecule has 202 valence electrons. The van der Waals surface area contributed by atoms with E-state index in [1.807, 2.05) is 18.2 Å². The molecule has 2 aromatic rings. The largest absolute Gasteiger partial charge is 0.351 e. The number of benzene rings is 2. The van der Waals surface area contributed by atoms with Crippen molar-refractivity contribution in [2.24, 2.45) is 5.92 Å². The number of rotatable bonds is 10. The molecule has 0 radical (unpaired) electrons. The molecule has 4 unspecified atom stereocenters. The molecule has 3 N–H and O–H groups in total. The van der Waals surface area contributed by atoms with Crippen molar-refractivity contribution in [3.63, 3.8) is 0 Å². The second kappa shape index (κ2) is 13.4. The summed E-state index contributed by atoms with van der Waals surface area (Å²) in [5.74, 6) is -0.0368. The normalized spacial score (nSPS) is 22.2. The first kappa shape index (κ1) is 28.3. The van der Waals surface area contributed by atoms with E-state index in [4.69, 9.17) is 27.9 Å². The predicted molar refractivity (Wildman–Crippen MR) is 147 cm³/mol. The molecule has 37 heavy (non-hydrogen) atoms. The average Bonchev–Trinajstić information content (AvgIpc) is 2.91. The van der Waals surface area contributed by atoms with E-state index >= 15 is 0 Å². The number of amides is 1. The third kappa shape index (κ3) is 7.68. The van der Waals surface area contributed by atoms with Crippen molar-refractivity contribution in [1.29, 1.82) is 0 Å². The lowest BCUT2D eigenvalue weighted by atomic mass is 9.87. The zero-order valence-electron chi connectivity index (χ0n) is 20.8. The molecule has 2 aliphatic rings. The van der Waals surface area contributed by atoms with Crippen LogP contribution in [0.1, 0.15) is 37.7 Å². The maximum absolute atomic E-state index is 13.6. The Balaban J connectivity index is 1.48. The van der Waals surface area contributed by atoms with Gasteiger partial charge in [-0.15, -0.1) is 0 Å². The molecule has 0 aliphatic carbocycles. The summed E-state index contributed by atoms with van der Waals surface area (Å²) in [7, 11) is -3.95. The lowest BCUT2D eigenvalue weighted by Gasteiger charge is -2.33. The summed E-state index contributed by atoms with van der Waals surface area (Å²) in [4.78, 5) is 13.1. The van der Waals surface area contributed by atoms with Crippen LogP contribution in [0.3, 0.4) is 0 Å². The summed E-state index contributed by atoms with van der Waals surface area (Å²) in [5, 5.41) is 10.3. The standard InChI is InChI=1S/C27H35Cl2N3O4S/c28-22-12-11-21(16-23(22)29)37(34,35)27(24-10-4-5-14-31-24)36-18-26(33)32-25(20-9-6-13-30-17-20)15-19-7-2-1-3-8-19/h1-3,7-8,11-12,16,20,24-25,27,30-31H,4-6,9-10,13-15,17-18H2,(H,32,33). The molecular formula is C27H35Cl2N3O4S. The lowest BCUT2D eigenvalue weighted by Crippen LogP contribution is -2.51. The number of nitrogens with one attached hydrogen (secondary N) is 3. The number of carbonyl (C=O) groups excluding carboxylic acids is 1. The van der Waals surface area contributed by atoms with Crippen LogP contribution < -0.4 is 16.0 Å². The van der Waals surface area contributed by atoms with Crippen LogP contribution in [0.15, 0.2) is 53.4 Å². The Morgan fingerprint density at radius 1 is 1.03 bits per heavy atom. The summed E-state index contributed by atoms with van der Waals surface area (Å²) < 4.78 is 33.1. The van der Waals surface area contributed by atoms with Crippen LogP contribution in [0.25, 0.3) is 0 Å². The van der Waals surface area contributed by atoms with E-state index in [0.29, 0.717) is 19.4 Å². The Morgan fingerprint density at radius 2 is 1.84 bits per heavy atom. The zero-order chi connectivity index (χ0) is 26.3. The van der Waals surface area contributed by atoms with Gasteiger partial charge in [0.05, 0.1) is 14.9 Å². The minimum absolute atomic E-state index is 0.0231. The molecule has 2 saturated heterocycles. The second-order valence-corrected chi connectivity index (χ2v) is 12.7. The van der Waals surface area contributed by atoms with Gasteiger partial charge >= 0.3 is 0 Å². The second-order valence-electron chi connectivity index (χ2n) is 9.83.